The monoisotopic (exact) mass is 939 g/mol. The molecule has 0 saturated carbocycles. The molecular formula is C62H98O6. The van der Waals surface area contributed by atoms with Crippen molar-refractivity contribution >= 4 is 17.9 Å². The van der Waals surface area contributed by atoms with Crippen molar-refractivity contribution in [2.45, 2.75) is 226 Å². The van der Waals surface area contributed by atoms with E-state index in [2.05, 4.69) is 87.6 Å². The van der Waals surface area contributed by atoms with Crippen molar-refractivity contribution in [1.82, 2.24) is 0 Å². The molecule has 0 aliphatic rings. The first kappa shape index (κ1) is 63.6. The smallest absolute Gasteiger partial charge is 0.306 e. The molecule has 0 aliphatic heterocycles. The number of carbonyl (C=O) groups is 3. The molecule has 6 heteroatoms. The van der Waals surface area contributed by atoms with Crippen molar-refractivity contribution < 1.29 is 28.6 Å². The molecular weight excluding hydrogens is 841 g/mol. The highest BCUT2D eigenvalue weighted by molar-refractivity contribution is 5.71. The van der Waals surface area contributed by atoms with Crippen LogP contribution in [0.5, 0.6) is 0 Å². The molecule has 0 aromatic heterocycles. The molecule has 0 heterocycles. The highest BCUT2D eigenvalue weighted by Gasteiger charge is 2.19. The van der Waals surface area contributed by atoms with E-state index in [1.54, 1.807) is 0 Å². The normalized spacial score (nSPS) is 13.2. The summed E-state index contributed by atoms with van der Waals surface area (Å²) in [6.07, 6.45) is 77.5. The fourth-order valence-corrected chi connectivity index (χ4v) is 7.03. The maximum atomic E-state index is 12.8. The summed E-state index contributed by atoms with van der Waals surface area (Å²) >= 11 is 0. The van der Waals surface area contributed by atoms with E-state index in [0.717, 1.165) is 70.6 Å². The highest BCUT2D eigenvalue weighted by atomic mass is 16.6. The molecule has 68 heavy (non-hydrogen) atoms. The summed E-state index contributed by atoms with van der Waals surface area (Å²) in [5.41, 5.74) is 0. The lowest BCUT2D eigenvalue weighted by atomic mass is 10.0. The van der Waals surface area contributed by atoms with Crippen molar-refractivity contribution in [3.8, 4) is 0 Å². The van der Waals surface area contributed by atoms with E-state index in [4.69, 9.17) is 14.2 Å². The van der Waals surface area contributed by atoms with E-state index in [1.165, 1.54) is 96.3 Å². The van der Waals surface area contributed by atoms with Gasteiger partial charge >= 0.3 is 17.9 Å². The number of ether oxygens (including phenoxy) is 3. The molecule has 0 rings (SSSR count). The third-order valence-electron chi connectivity index (χ3n) is 11.0. The Balaban J connectivity index is 4.57. The molecule has 6 nitrogen and oxygen atoms in total. The molecule has 0 aromatic rings. The molecule has 0 bridgehead atoms. The van der Waals surface area contributed by atoms with Gasteiger partial charge in [-0.05, 0) is 70.6 Å². The third-order valence-corrected chi connectivity index (χ3v) is 11.0. The van der Waals surface area contributed by atoms with Crippen molar-refractivity contribution in [2.75, 3.05) is 13.2 Å². The van der Waals surface area contributed by atoms with Gasteiger partial charge in [0.05, 0.1) is 0 Å². The van der Waals surface area contributed by atoms with Gasteiger partial charge in [0.25, 0.3) is 0 Å². The van der Waals surface area contributed by atoms with Gasteiger partial charge in [-0.25, -0.2) is 0 Å². The Labute approximate surface area is 417 Å². The largest absolute Gasteiger partial charge is 0.462 e. The number of unbranched alkanes of at least 4 members (excludes halogenated alkanes) is 18. The zero-order chi connectivity index (χ0) is 49.3. The Kier molecular flexibility index (Phi) is 51.5. The van der Waals surface area contributed by atoms with Gasteiger partial charge in [-0.3, -0.25) is 14.4 Å². The van der Waals surface area contributed by atoms with E-state index in [0.29, 0.717) is 19.3 Å². The van der Waals surface area contributed by atoms with Crippen LogP contribution in [0.25, 0.3) is 0 Å². The summed E-state index contributed by atoms with van der Waals surface area (Å²) in [4.78, 5) is 38.0. The molecule has 0 fully saturated rings. The van der Waals surface area contributed by atoms with Gasteiger partial charge in [0.2, 0.25) is 0 Å². The van der Waals surface area contributed by atoms with Gasteiger partial charge in [0, 0.05) is 19.3 Å². The van der Waals surface area contributed by atoms with Crippen LogP contribution in [-0.2, 0) is 28.6 Å². The number of rotatable bonds is 47. The van der Waals surface area contributed by atoms with Crippen LogP contribution in [0.1, 0.15) is 220 Å². The lowest BCUT2D eigenvalue weighted by Crippen LogP contribution is -2.30. The summed E-state index contributed by atoms with van der Waals surface area (Å²) in [5, 5.41) is 0. The summed E-state index contributed by atoms with van der Waals surface area (Å²) in [5.74, 6) is -1.10. The zero-order valence-corrected chi connectivity index (χ0v) is 43.6. The summed E-state index contributed by atoms with van der Waals surface area (Å²) < 4.78 is 16.7. The Hall–Kier alpha value is -4.45. The fourth-order valence-electron chi connectivity index (χ4n) is 7.03. The first-order valence-electron chi connectivity index (χ1n) is 27.3. The summed E-state index contributed by atoms with van der Waals surface area (Å²) in [7, 11) is 0. The second-order valence-electron chi connectivity index (χ2n) is 17.5. The first-order valence-corrected chi connectivity index (χ1v) is 27.3. The second-order valence-corrected chi connectivity index (χ2v) is 17.5. The predicted molar refractivity (Wildman–Crippen MR) is 292 cm³/mol. The van der Waals surface area contributed by atoms with Gasteiger partial charge in [-0.1, -0.05) is 264 Å². The first-order chi connectivity index (χ1) is 33.5. The average molecular weight is 939 g/mol. The number of esters is 3. The van der Waals surface area contributed by atoms with Gasteiger partial charge in [0.15, 0.2) is 6.10 Å². The summed E-state index contributed by atoms with van der Waals surface area (Å²) in [6.45, 7) is 6.25. The Morgan fingerprint density at radius 1 is 0.324 bits per heavy atom. The maximum Gasteiger partial charge on any atom is 0.306 e. The van der Waals surface area contributed by atoms with Crippen molar-refractivity contribution in [2.24, 2.45) is 0 Å². The average Bonchev–Trinajstić information content (AvgIpc) is 3.34. The Morgan fingerprint density at radius 3 is 1.12 bits per heavy atom. The summed E-state index contributed by atoms with van der Waals surface area (Å²) in [6, 6.07) is 0. The molecule has 0 aliphatic carbocycles. The van der Waals surface area contributed by atoms with Crippen LogP contribution in [0.4, 0.5) is 0 Å². The zero-order valence-electron chi connectivity index (χ0n) is 43.6. The van der Waals surface area contributed by atoms with Crippen LogP contribution in [0.15, 0.2) is 134 Å². The maximum absolute atomic E-state index is 12.8. The number of allylic oxidation sites excluding steroid dienone is 22. The van der Waals surface area contributed by atoms with Crippen LogP contribution in [0, 0.1) is 0 Å². The minimum absolute atomic E-state index is 0.141. The van der Waals surface area contributed by atoms with E-state index >= 15 is 0 Å². The van der Waals surface area contributed by atoms with E-state index < -0.39 is 6.10 Å². The van der Waals surface area contributed by atoms with Crippen LogP contribution in [-0.4, -0.2) is 37.2 Å². The van der Waals surface area contributed by atoms with Gasteiger partial charge in [0.1, 0.15) is 13.2 Å². The SMILES string of the molecule is CC\C=C/C=C\C=C/C=C\C=C/CCCC(=O)OCC(COC(=O)CC/C=C\C/C=C\C/C=C\C/C=C\C/C=C\C/C=C\CC)OC(=O)CCCCCCCCCCCCCCCCCCCC. The molecule has 0 amide bonds. The second kappa shape index (κ2) is 55.1. The van der Waals surface area contributed by atoms with Crippen molar-refractivity contribution in [3.05, 3.63) is 134 Å². The van der Waals surface area contributed by atoms with Crippen LogP contribution in [0.3, 0.4) is 0 Å². The standard InChI is InChI=1S/C62H98O6/c1-4-7-10-13-16-19-22-25-27-29-31-33-34-37-40-43-46-49-52-55-61(64)67-58-59(57-66-60(63)54-51-48-45-42-39-36-24-21-18-15-12-9-6-3)68-62(65)56-53-50-47-44-41-38-35-32-30-28-26-23-20-17-14-11-8-5-2/h7,9-10,12,15-16,18-19,21,24-25,27,31,33,36-37,39-40,42,45-46,49,59H,4-6,8,11,13-14,17,20,22-23,26,28-30,32,34-35,38,41,43-44,47-48,50-58H2,1-3H3/b10-7-,12-9-,18-15-,19-16-,24-21-,27-25-,33-31-,39-36-,40-37-,45-42-,49-46-. The minimum Gasteiger partial charge on any atom is -0.462 e. The Morgan fingerprint density at radius 2 is 0.676 bits per heavy atom. The van der Waals surface area contributed by atoms with E-state index in [1.807, 2.05) is 66.8 Å². The predicted octanol–water partition coefficient (Wildman–Crippen LogP) is 18.3. The van der Waals surface area contributed by atoms with E-state index in [-0.39, 0.29) is 44.0 Å². The molecule has 0 aromatic carbocycles. The quantitative estimate of drug-likeness (QED) is 0.0199. The van der Waals surface area contributed by atoms with Crippen LogP contribution < -0.4 is 0 Å². The van der Waals surface area contributed by atoms with Gasteiger partial charge < -0.3 is 14.2 Å². The highest BCUT2D eigenvalue weighted by Crippen LogP contribution is 2.15. The molecule has 0 radical (unpaired) electrons. The molecule has 1 unspecified atom stereocenters. The number of carbonyl (C=O) groups excluding carboxylic acids is 3. The van der Waals surface area contributed by atoms with Gasteiger partial charge in [-0.2, -0.15) is 0 Å². The topological polar surface area (TPSA) is 78.9 Å². The fraction of sp³-hybridized carbons (Fsp3) is 0.597. The lowest BCUT2D eigenvalue weighted by molar-refractivity contribution is -0.166. The lowest BCUT2D eigenvalue weighted by Gasteiger charge is -2.18. The third kappa shape index (κ3) is 52.5. The van der Waals surface area contributed by atoms with Crippen LogP contribution >= 0.6 is 0 Å². The number of hydrogen-bond acceptors (Lipinski definition) is 6. The van der Waals surface area contributed by atoms with Gasteiger partial charge in [-0.15, -0.1) is 0 Å². The minimum atomic E-state index is -0.840. The van der Waals surface area contributed by atoms with Crippen molar-refractivity contribution in [3.63, 3.8) is 0 Å². The van der Waals surface area contributed by atoms with Crippen molar-refractivity contribution in [1.29, 1.82) is 0 Å². The van der Waals surface area contributed by atoms with Crippen LogP contribution in [0.2, 0.25) is 0 Å². The molecule has 0 N–H and O–H groups in total. The molecule has 382 valence electrons. The number of hydrogen-bond donors (Lipinski definition) is 0. The molecule has 1 atom stereocenters. The van der Waals surface area contributed by atoms with E-state index in [9.17, 15) is 14.4 Å². The Bertz CT molecular complexity index is 1500. The molecule has 0 spiro atoms. The molecule has 0 saturated heterocycles.